The van der Waals surface area contributed by atoms with Crippen molar-refractivity contribution in [3.63, 3.8) is 0 Å². The molecule has 1 unspecified atom stereocenters. The van der Waals surface area contributed by atoms with Gasteiger partial charge < -0.3 is 10.6 Å². The molecule has 1 heterocycles. The Balaban J connectivity index is 2.31. The first-order valence-electron chi connectivity index (χ1n) is 6.32. The summed E-state index contributed by atoms with van der Waals surface area (Å²) < 4.78 is 0. The van der Waals surface area contributed by atoms with E-state index in [0.717, 1.165) is 13.1 Å². The molecule has 1 atom stereocenters. The molecule has 0 aromatic carbocycles. The highest BCUT2D eigenvalue weighted by Crippen LogP contribution is 2.20. The van der Waals surface area contributed by atoms with Crippen molar-refractivity contribution in [2.24, 2.45) is 0 Å². The molecule has 17 heavy (non-hydrogen) atoms. The number of hydrogen-bond donors (Lipinski definition) is 2. The predicted octanol–water partition coefficient (Wildman–Crippen LogP) is 3.23. The van der Waals surface area contributed by atoms with Crippen molar-refractivity contribution in [3.8, 4) is 0 Å². The van der Waals surface area contributed by atoms with Crippen LogP contribution in [0.3, 0.4) is 0 Å². The zero-order valence-electron chi connectivity index (χ0n) is 12.0. The van der Waals surface area contributed by atoms with Crippen molar-refractivity contribution >= 4 is 11.3 Å². The Bertz CT molecular complexity index is 330. The van der Waals surface area contributed by atoms with Crippen molar-refractivity contribution in [2.75, 3.05) is 6.54 Å². The number of hydrogen-bond acceptors (Lipinski definition) is 3. The summed E-state index contributed by atoms with van der Waals surface area (Å²) in [6, 6.07) is 2.79. The van der Waals surface area contributed by atoms with E-state index >= 15 is 0 Å². The van der Waals surface area contributed by atoms with Crippen LogP contribution < -0.4 is 10.6 Å². The molecule has 0 fully saturated rings. The molecule has 0 radical (unpaired) electrons. The zero-order chi connectivity index (χ0) is 13.1. The van der Waals surface area contributed by atoms with E-state index in [9.17, 15) is 0 Å². The summed E-state index contributed by atoms with van der Waals surface area (Å²) in [6.07, 6.45) is 0. The Kier molecular flexibility index (Phi) is 5.17. The van der Waals surface area contributed by atoms with Gasteiger partial charge in [-0.2, -0.15) is 0 Å². The molecule has 0 bridgehead atoms. The lowest BCUT2D eigenvalue weighted by Gasteiger charge is -2.23. The van der Waals surface area contributed by atoms with Crippen molar-refractivity contribution < 1.29 is 0 Å². The maximum Gasteiger partial charge on any atom is 0.0302 e. The summed E-state index contributed by atoms with van der Waals surface area (Å²) in [5.74, 6) is 0. The minimum absolute atomic E-state index is 0.200. The van der Waals surface area contributed by atoms with E-state index < -0.39 is 0 Å². The fourth-order valence-electron chi connectivity index (χ4n) is 1.54. The van der Waals surface area contributed by atoms with E-state index in [1.54, 1.807) is 0 Å². The lowest BCUT2D eigenvalue weighted by atomic mass is 10.1. The lowest BCUT2D eigenvalue weighted by Crippen LogP contribution is -2.44. The van der Waals surface area contributed by atoms with E-state index in [4.69, 9.17) is 0 Å². The van der Waals surface area contributed by atoms with Gasteiger partial charge in [0.1, 0.15) is 0 Å². The van der Waals surface area contributed by atoms with Crippen molar-refractivity contribution in [3.05, 3.63) is 21.4 Å². The third-order valence-electron chi connectivity index (χ3n) is 2.78. The van der Waals surface area contributed by atoms with Crippen LogP contribution >= 0.6 is 11.3 Å². The molecule has 0 aliphatic carbocycles. The molecule has 2 N–H and O–H groups in total. The molecule has 2 nitrogen and oxygen atoms in total. The Labute approximate surface area is 110 Å². The average molecular weight is 254 g/mol. The Morgan fingerprint density at radius 3 is 2.41 bits per heavy atom. The molecule has 98 valence electrons. The monoisotopic (exact) mass is 254 g/mol. The predicted molar refractivity (Wildman–Crippen MR) is 77.9 cm³/mol. The standard InChI is InChI=1S/C14H26N2S/c1-10-7-13(17-12(10)3)9-15-11(2)8-16-14(4,5)6/h7,11,15-16H,8-9H2,1-6H3. The Morgan fingerprint density at radius 1 is 1.29 bits per heavy atom. The van der Waals surface area contributed by atoms with Gasteiger partial charge in [0.15, 0.2) is 0 Å². The first-order valence-corrected chi connectivity index (χ1v) is 7.14. The van der Waals surface area contributed by atoms with Gasteiger partial charge in [-0.25, -0.2) is 0 Å². The van der Waals surface area contributed by atoms with Crippen molar-refractivity contribution in [2.45, 2.75) is 59.7 Å². The highest BCUT2D eigenvalue weighted by molar-refractivity contribution is 7.12. The van der Waals surface area contributed by atoms with Gasteiger partial charge in [-0.05, 0) is 53.2 Å². The molecule has 3 heteroatoms. The number of nitrogens with one attached hydrogen (secondary N) is 2. The second kappa shape index (κ2) is 5.98. The third kappa shape index (κ3) is 5.66. The molecule has 0 spiro atoms. The molecule has 0 saturated heterocycles. The second-order valence-corrected chi connectivity index (χ2v) is 7.21. The topological polar surface area (TPSA) is 24.1 Å². The Morgan fingerprint density at radius 2 is 1.94 bits per heavy atom. The van der Waals surface area contributed by atoms with Crippen LogP contribution in [0.5, 0.6) is 0 Å². The maximum atomic E-state index is 3.56. The van der Waals surface area contributed by atoms with E-state index in [-0.39, 0.29) is 5.54 Å². The van der Waals surface area contributed by atoms with Gasteiger partial charge in [0, 0.05) is 34.4 Å². The summed E-state index contributed by atoms with van der Waals surface area (Å²) in [7, 11) is 0. The summed E-state index contributed by atoms with van der Waals surface area (Å²) in [4.78, 5) is 2.87. The van der Waals surface area contributed by atoms with E-state index in [1.807, 2.05) is 11.3 Å². The molecular formula is C14H26N2S. The van der Waals surface area contributed by atoms with Gasteiger partial charge >= 0.3 is 0 Å². The van der Waals surface area contributed by atoms with Crippen LogP contribution in [0, 0.1) is 13.8 Å². The SMILES string of the molecule is Cc1cc(CNC(C)CNC(C)(C)C)sc1C. The molecular weight excluding hydrogens is 228 g/mol. The molecule has 0 amide bonds. The number of rotatable bonds is 5. The highest BCUT2D eigenvalue weighted by atomic mass is 32.1. The van der Waals surface area contributed by atoms with Crippen LogP contribution in [-0.2, 0) is 6.54 Å². The quantitative estimate of drug-likeness (QED) is 0.843. The highest BCUT2D eigenvalue weighted by Gasteiger charge is 2.11. The van der Waals surface area contributed by atoms with Gasteiger partial charge in [0.25, 0.3) is 0 Å². The van der Waals surface area contributed by atoms with Gasteiger partial charge in [-0.15, -0.1) is 11.3 Å². The molecule has 1 aromatic rings. The molecule has 1 aromatic heterocycles. The van der Waals surface area contributed by atoms with Gasteiger partial charge in [0.05, 0.1) is 0 Å². The zero-order valence-corrected chi connectivity index (χ0v) is 12.8. The summed E-state index contributed by atoms with van der Waals surface area (Å²) in [5, 5.41) is 7.08. The van der Waals surface area contributed by atoms with Crippen LogP contribution in [-0.4, -0.2) is 18.1 Å². The normalized spacial score (nSPS) is 14.0. The summed E-state index contributed by atoms with van der Waals surface area (Å²) in [6.45, 7) is 15.2. The fourth-order valence-corrected chi connectivity index (χ4v) is 2.55. The van der Waals surface area contributed by atoms with Crippen LogP contribution in [0.1, 0.15) is 43.0 Å². The largest absolute Gasteiger partial charge is 0.311 e. The first kappa shape index (κ1) is 14.7. The minimum atomic E-state index is 0.200. The molecule has 0 aliphatic heterocycles. The molecule has 1 rings (SSSR count). The van der Waals surface area contributed by atoms with Gasteiger partial charge in [0.2, 0.25) is 0 Å². The first-order chi connectivity index (χ1) is 7.78. The minimum Gasteiger partial charge on any atom is -0.311 e. The summed E-state index contributed by atoms with van der Waals surface area (Å²) in [5.41, 5.74) is 1.61. The lowest BCUT2D eigenvalue weighted by molar-refractivity contribution is 0.388. The van der Waals surface area contributed by atoms with E-state index in [2.05, 4.69) is 58.2 Å². The molecule has 0 saturated carbocycles. The van der Waals surface area contributed by atoms with Crippen LogP contribution in [0.25, 0.3) is 0 Å². The fraction of sp³-hybridized carbons (Fsp3) is 0.714. The number of thiophene rings is 1. The van der Waals surface area contributed by atoms with Crippen molar-refractivity contribution in [1.29, 1.82) is 0 Å². The third-order valence-corrected chi connectivity index (χ3v) is 3.93. The second-order valence-electron chi connectivity index (χ2n) is 5.86. The van der Waals surface area contributed by atoms with Gasteiger partial charge in [-0.1, -0.05) is 0 Å². The van der Waals surface area contributed by atoms with E-state index in [0.29, 0.717) is 6.04 Å². The van der Waals surface area contributed by atoms with Crippen LogP contribution in [0.15, 0.2) is 6.07 Å². The summed E-state index contributed by atoms with van der Waals surface area (Å²) >= 11 is 1.90. The smallest absolute Gasteiger partial charge is 0.0302 e. The maximum absolute atomic E-state index is 3.56. The van der Waals surface area contributed by atoms with Crippen molar-refractivity contribution in [1.82, 2.24) is 10.6 Å². The number of aryl methyl sites for hydroxylation is 2. The van der Waals surface area contributed by atoms with Crippen LogP contribution in [0.2, 0.25) is 0 Å². The average Bonchev–Trinajstić information content (AvgIpc) is 2.51. The van der Waals surface area contributed by atoms with Gasteiger partial charge in [-0.3, -0.25) is 0 Å². The van der Waals surface area contributed by atoms with Crippen LogP contribution in [0.4, 0.5) is 0 Å². The van der Waals surface area contributed by atoms with E-state index in [1.165, 1.54) is 15.3 Å². The molecule has 0 aliphatic rings. The Hall–Kier alpha value is -0.380.